The normalized spacial score (nSPS) is 12.7. The average Bonchev–Trinajstić information content (AvgIpc) is 2.92. The number of rotatable bonds is 6. The van der Waals surface area contributed by atoms with Crippen LogP contribution in [-0.4, -0.2) is 6.61 Å². The molecule has 0 amide bonds. The van der Waals surface area contributed by atoms with Gasteiger partial charge in [-0.3, -0.25) is 0 Å². The number of hydrogen-bond donors (Lipinski definition) is 1. The lowest BCUT2D eigenvalue weighted by Crippen LogP contribution is -2.18. The molecule has 0 unspecified atom stereocenters. The summed E-state index contributed by atoms with van der Waals surface area (Å²) in [5, 5.41) is 5.76. The highest BCUT2D eigenvalue weighted by Gasteiger charge is 2.12. The second kappa shape index (κ2) is 7.02. The predicted octanol–water partition coefficient (Wildman–Crippen LogP) is 4.85. The van der Waals surface area contributed by atoms with Crippen LogP contribution in [-0.2, 0) is 6.54 Å². The summed E-state index contributed by atoms with van der Waals surface area (Å²) in [4.78, 5) is 1.18. The molecule has 0 aliphatic carbocycles. The van der Waals surface area contributed by atoms with Crippen LogP contribution in [0.3, 0.4) is 0 Å². The molecule has 0 saturated heterocycles. The summed E-state index contributed by atoms with van der Waals surface area (Å²) in [5.41, 5.74) is 0.612. The molecule has 1 aromatic carbocycles. The number of hydrogen-bond acceptors (Lipinski definition) is 3. The Hall–Kier alpha value is -1.17. The SMILES string of the molecule is C[C@@H](NCc1cc(Cl)ccc1OC(F)F)c1cccs1. The Morgan fingerprint density at radius 1 is 1.35 bits per heavy atom. The average molecular weight is 318 g/mol. The van der Waals surface area contributed by atoms with Crippen molar-refractivity contribution in [3.05, 3.63) is 51.2 Å². The minimum absolute atomic E-state index is 0.133. The Morgan fingerprint density at radius 3 is 2.80 bits per heavy atom. The second-order valence-corrected chi connectivity index (χ2v) is 5.66. The second-order valence-electron chi connectivity index (χ2n) is 4.25. The highest BCUT2D eigenvalue weighted by Crippen LogP contribution is 2.26. The van der Waals surface area contributed by atoms with Crippen LogP contribution in [0.4, 0.5) is 8.78 Å². The van der Waals surface area contributed by atoms with E-state index in [0.717, 1.165) is 0 Å². The van der Waals surface area contributed by atoms with Gasteiger partial charge in [0, 0.05) is 28.0 Å². The quantitative estimate of drug-likeness (QED) is 0.822. The van der Waals surface area contributed by atoms with Crippen LogP contribution in [0, 0.1) is 0 Å². The van der Waals surface area contributed by atoms with Crippen molar-refractivity contribution >= 4 is 22.9 Å². The fourth-order valence-corrected chi connectivity index (χ4v) is 2.75. The van der Waals surface area contributed by atoms with Crippen molar-refractivity contribution in [3.8, 4) is 5.75 Å². The summed E-state index contributed by atoms with van der Waals surface area (Å²) in [5.74, 6) is 0.148. The molecule has 0 aliphatic heterocycles. The molecule has 1 N–H and O–H groups in total. The number of ether oxygens (including phenoxy) is 1. The van der Waals surface area contributed by atoms with Crippen LogP contribution in [0.5, 0.6) is 5.75 Å². The molecule has 20 heavy (non-hydrogen) atoms. The van der Waals surface area contributed by atoms with E-state index < -0.39 is 6.61 Å². The molecule has 0 bridgehead atoms. The largest absolute Gasteiger partial charge is 0.434 e. The van der Waals surface area contributed by atoms with Gasteiger partial charge in [0.05, 0.1) is 0 Å². The summed E-state index contributed by atoms with van der Waals surface area (Å²) in [7, 11) is 0. The number of thiophene rings is 1. The van der Waals surface area contributed by atoms with Crippen LogP contribution in [0.2, 0.25) is 5.02 Å². The minimum Gasteiger partial charge on any atom is -0.434 e. The maximum atomic E-state index is 12.3. The molecule has 1 aromatic heterocycles. The molecule has 1 atom stereocenters. The van der Waals surface area contributed by atoms with Gasteiger partial charge in [-0.05, 0) is 36.6 Å². The monoisotopic (exact) mass is 317 g/mol. The van der Waals surface area contributed by atoms with Crippen LogP contribution in [0.25, 0.3) is 0 Å². The molecule has 2 rings (SSSR count). The summed E-state index contributed by atoms with van der Waals surface area (Å²) in [6.07, 6.45) is 0. The van der Waals surface area contributed by atoms with E-state index >= 15 is 0 Å². The van der Waals surface area contributed by atoms with Crippen LogP contribution >= 0.6 is 22.9 Å². The van der Waals surface area contributed by atoms with E-state index in [2.05, 4.69) is 10.1 Å². The first-order valence-electron chi connectivity index (χ1n) is 6.06. The predicted molar refractivity (Wildman–Crippen MR) is 77.7 cm³/mol. The summed E-state index contributed by atoms with van der Waals surface area (Å²) in [6.45, 7) is -0.421. The summed E-state index contributed by atoms with van der Waals surface area (Å²) < 4.78 is 29.2. The molecule has 6 heteroatoms. The molecular formula is C14H14ClF2NOS. The van der Waals surface area contributed by atoms with Crippen molar-refractivity contribution in [2.75, 3.05) is 0 Å². The van der Waals surface area contributed by atoms with E-state index in [1.165, 1.54) is 17.0 Å². The maximum Gasteiger partial charge on any atom is 0.387 e. The van der Waals surface area contributed by atoms with Crippen LogP contribution in [0.15, 0.2) is 35.7 Å². The van der Waals surface area contributed by atoms with Gasteiger partial charge in [0.2, 0.25) is 0 Å². The maximum absolute atomic E-state index is 12.3. The van der Waals surface area contributed by atoms with E-state index in [-0.39, 0.29) is 11.8 Å². The van der Waals surface area contributed by atoms with Gasteiger partial charge < -0.3 is 10.1 Å². The third kappa shape index (κ3) is 4.16. The van der Waals surface area contributed by atoms with Crippen molar-refractivity contribution in [3.63, 3.8) is 0 Å². The molecule has 2 aromatic rings. The molecule has 108 valence electrons. The highest BCUT2D eigenvalue weighted by molar-refractivity contribution is 7.10. The van der Waals surface area contributed by atoms with E-state index in [1.807, 2.05) is 24.4 Å². The Labute approximate surface area is 125 Å². The zero-order chi connectivity index (χ0) is 14.5. The fraction of sp³-hybridized carbons (Fsp3) is 0.286. The molecule has 2 nitrogen and oxygen atoms in total. The smallest absolute Gasteiger partial charge is 0.387 e. The molecule has 0 aliphatic rings. The van der Waals surface area contributed by atoms with Gasteiger partial charge in [0.25, 0.3) is 0 Å². The lowest BCUT2D eigenvalue weighted by atomic mass is 10.2. The van der Waals surface area contributed by atoms with Gasteiger partial charge in [-0.1, -0.05) is 17.7 Å². The van der Waals surface area contributed by atoms with E-state index in [0.29, 0.717) is 17.1 Å². The Morgan fingerprint density at radius 2 is 2.15 bits per heavy atom. The molecule has 0 spiro atoms. The van der Waals surface area contributed by atoms with Gasteiger partial charge in [0.1, 0.15) is 5.75 Å². The topological polar surface area (TPSA) is 21.3 Å². The van der Waals surface area contributed by atoms with Crippen molar-refractivity contribution in [1.82, 2.24) is 5.32 Å². The number of alkyl halides is 2. The van der Waals surface area contributed by atoms with Crippen LogP contribution < -0.4 is 10.1 Å². The molecule has 0 saturated carbocycles. The Kier molecular flexibility index (Phi) is 5.34. The first-order valence-corrected chi connectivity index (χ1v) is 7.32. The minimum atomic E-state index is -2.84. The van der Waals surface area contributed by atoms with Crippen molar-refractivity contribution < 1.29 is 13.5 Å². The van der Waals surface area contributed by atoms with Gasteiger partial charge in [-0.25, -0.2) is 0 Å². The van der Waals surface area contributed by atoms with Gasteiger partial charge in [-0.2, -0.15) is 8.78 Å². The lowest BCUT2D eigenvalue weighted by Gasteiger charge is -2.15. The van der Waals surface area contributed by atoms with Gasteiger partial charge in [-0.15, -0.1) is 11.3 Å². The van der Waals surface area contributed by atoms with Crippen molar-refractivity contribution in [1.29, 1.82) is 0 Å². The molecule has 0 radical (unpaired) electrons. The Bertz CT molecular complexity index is 548. The number of halogens is 3. The summed E-state index contributed by atoms with van der Waals surface area (Å²) in [6, 6.07) is 8.76. The van der Waals surface area contributed by atoms with Gasteiger partial charge >= 0.3 is 6.61 Å². The zero-order valence-electron chi connectivity index (χ0n) is 10.8. The third-order valence-electron chi connectivity index (χ3n) is 2.81. The number of benzene rings is 1. The van der Waals surface area contributed by atoms with Crippen molar-refractivity contribution in [2.45, 2.75) is 26.1 Å². The first-order chi connectivity index (χ1) is 9.56. The molecule has 0 fully saturated rings. The van der Waals surface area contributed by atoms with E-state index in [9.17, 15) is 8.78 Å². The van der Waals surface area contributed by atoms with Gasteiger partial charge in [0.15, 0.2) is 0 Å². The standard InChI is InChI=1S/C14H14ClF2NOS/c1-9(13-3-2-6-20-13)18-8-10-7-11(15)4-5-12(10)19-14(16)17/h2-7,9,14,18H,8H2,1H3/t9-/m1/s1. The number of nitrogens with one attached hydrogen (secondary N) is 1. The molecular weight excluding hydrogens is 304 g/mol. The lowest BCUT2D eigenvalue weighted by molar-refractivity contribution is -0.0505. The fourth-order valence-electron chi connectivity index (χ4n) is 1.80. The third-order valence-corrected chi connectivity index (χ3v) is 4.10. The zero-order valence-corrected chi connectivity index (χ0v) is 12.3. The molecule has 1 heterocycles. The van der Waals surface area contributed by atoms with E-state index in [1.54, 1.807) is 17.4 Å². The van der Waals surface area contributed by atoms with Crippen molar-refractivity contribution in [2.24, 2.45) is 0 Å². The van der Waals surface area contributed by atoms with E-state index in [4.69, 9.17) is 11.6 Å². The highest BCUT2D eigenvalue weighted by atomic mass is 35.5. The van der Waals surface area contributed by atoms with Crippen LogP contribution in [0.1, 0.15) is 23.4 Å². The summed E-state index contributed by atoms with van der Waals surface area (Å²) >= 11 is 7.54. The Balaban J connectivity index is 2.06. The first kappa shape index (κ1) is 15.2.